The summed E-state index contributed by atoms with van der Waals surface area (Å²) < 4.78 is 0. The lowest BCUT2D eigenvalue weighted by atomic mass is 10.2. The van der Waals surface area contributed by atoms with Gasteiger partial charge in [-0.3, -0.25) is 4.79 Å². The maximum atomic E-state index is 10.6. The van der Waals surface area contributed by atoms with Crippen LogP contribution in [0.1, 0.15) is 43.1 Å². The number of carbonyl (C=O) groups excluding carboxylic acids is 1. The Labute approximate surface area is 97.5 Å². The summed E-state index contributed by atoms with van der Waals surface area (Å²) in [6.45, 7) is 9.46. The minimum atomic E-state index is 0.424. The Morgan fingerprint density at radius 1 is 1.50 bits per heavy atom. The Bertz CT molecular complexity index is 361. The minimum absolute atomic E-state index is 0.424. The largest absolute Gasteiger partial charge is 0.354 e. The monoisotopic (exact) mass is 220 g/mol. The fourth-order valence-corrected chi connectivity index (χ4v) is 1.80. The van der Waals surface area contributed by atoms with Crippen molar-refractivity contribution in [1.29, 1.82) is 0 Å². The maximum absolute atomic E-state index is 10.6. The third-order valence-electron chi connectivity index (χ3n) is 2.57. The highest BCUT2D eigenvalue weighted by atomic mass is 16.1. The van der Waals surface area contributed by atoms with E-state index in [9.17, 15) is 4.79 Å². The highest BCUT2D eigenvalue weighted by Crippen LogP contribution is 2.19. The highest BCUT2D eigenvalue weighted by molar-refractivity contribution is 5.75. The van der Waals surface area contributed by atoms with Gasteiger partial charge in [0.05, 0.1) is 0 Å². The van der Waals surface area contributed by atoms with E-state index < -0.39 is 0 Å². The number of anilines is 1. The van der Waals surface area contributed by atoms with Gasteiger partial charge in [0.2, 0.25) is 0 Å². The zero-order valence-corrected chi connectivity index (χ0v) is 10.5. The van der Waals surface area contributed by atoms with Crippen molar-refractivity contribution in [3.8, 4) is 0 Å². The highest BCUT2D eigenvalue weighted by Gasteiger charge is 2.13. The minimum Gasteiger partial charge on any atom is -0.354 e. The summed E-state index contributed by atoms with van der Waals surface area (Å²) in [5.74, 6) is 0.988. The second-order valence-electron chi connectivity index (χ2n) is 4.31. The van der Waals surface area contributed by atoms with Crippen LogP contribution in [0.2, 0.25) is 0 Å². The van der Waals surface area contributed by atoms with Crippen molar-refractivity contribution in [2.45, 2.75) is 40.2 Å². The molecule has 0 aliphatic heterocycles. The predicted molar refractivity (Wildman–Crippen MR) is 67.1 cm³/mol. The van der Waals surface area contributed by atoms with Gasteiger partial charge in [-0.25, -0.2) is 4.98 Å². The first-order valence-electron chi connectivity index (χ1n) is 5.78. The topological polar surface area (TPSA) is 33.2 Å². The van der Waals surface area contributed by atoms with Crippen molar-refractivity contribution in [2.75, 3.05) is 11.4 Å². The second kappa shape index (κ2) is 5.64. The zero-order valence-electron chi connectivity index (χ0n) is 10.5. The van der Waals surface area contributed by atoms with Crippen molar-refractivity contribution in [2.24, 2.45) is 0 Å². The first kappa shape index (κ1) is 12.7. The van der Waals surface area contributed by atoms with Crippen LogP contribution in [0.15, 0.2) is 12.3 Å². The summed E-state index contributed by atoms with van der Waals surface area (Å²) in [4.78, 5) is 17.3. The molecular weight excluding hydrogens is 200 g/mol. The van der Waals surface area contributed by atoms with E-state index in [1.165, 1.54) is 0 Å². The molecule has 0 aliphatic carbocycles. The van der Waals surface area contributed by atoms with Gasteiger partial charge >= 0.3 is 0 Å². The molecule has 0 saturated carbocycles. The zero-order chi connectivity index (χ0) is 12.1. The molecule has 0 radical (unpaired) electrons. The van der Waals surface area contributed by atoms with Gasteiger partial charge in [-0.15, -0.1) is 0 Å². The maximum Gasteiger partial charge on any atom is 0.151 e. The molecule has 0 aliphatic rings. The van der Waals surface area contributed by atoms with Crippen LogP contribution in [-0.2, 0) is 0 Å². The summed E-state index contributed by atoms with van der Waals surface area (Å²) in [5, 5.41) is 0. The van der Waals surface area contributed by atoms with Gasteiger partial charge < -0.3 is 4.90 Å². The third-order valence-corrected chi connectivity index (χ3v) is 2.57. The molecule has 1 aromatic rings. The molecule has 16 heavy (non-hydrogen) atoms. The fourth-order valence-electron chi connectivity index (χ4n) is 1.80. The van der Waals surface area contributed by atoms with Crippen molar-refractivity contribution in [1.82, 2.24) is 4.98 Å². The molecule has 88 valence electrons. The number of pyridine rings is 1. The van der Waals surface area contributed by atoms with E-state index in [2.05, 4.69) is 30.7 Å². The molecule has 0 bridgehead atoms. The average molecular weight is 220 g/mol. The van der Waals surface area contributed by atoms with Crippen LogP contribution < -0.4 is 4.90 Å². The number of aldehydes is 1. The molecule has 1 heterocycles. The molecule has 1 rings (SSSR count). The van der Waals surface area contributed by atoms with Crippen LogP contribution in [0.4, 0.5) is 5.82 Å². The van der Waals surface area contributed by atoms with E-state index in [1.54, 1.807) is 6.20 Å². The Morgan fingerprint density at radius 3 is 2.62 bits per heavy atom. The van der Waals surface area contributed by atoms with E-state index >= 15 is 0 Å². The number of nitrogens with zero attached hydrogens (tertiary/aromatic N) is 2. The molecule has 0 unspecified atom stereocenters. The molecule has 3 heteroatoms. The standard InChI is InChI=1S/C13H20N2O/c1-5-6-15(10(2)3)13-11(4)7-12(9-16)8-14-13/h7-10H,5-6H2,1-4H3. The Hall–Kier alpha value is -1.38. The van der Waals surface area contributed by atoms with Gasteiger partial charge in [0.25, 0.3) is 0 Å². The quantitative estimate of drug-likeness (QED) is 0.715. The van der Waals surface area contributed by atoms with Gasteiger partial charge in [0.1, 0.15) is 5.82 Å². The van der Waals surface area contributed by atoms with Crippen LogP contribution in [0, 0.1) is 6.92 Å². The van der Waals surface area contributed by atoms with Crippen molar-refractivity contribution >= 4 is 12.1 Å². The smallest absolute Gasteiger partial charge is 0.151 e. The number of rotatable bonds is 5. The number of aryl methyl sites for hydroxylation is 1. The van der Waals surface area contributed by atoms with Gasteiger partial charge in [0, 0.05) is 24.3 Å². The van der Waals surface area contributed by atoms with Crippen molar-refractivity contribution in [3.63, 3.8) is 0 Å². The first-order chi connectivity index (χ1) is 7.60. The number of carbonyl (C=O) groups is 1. The number of hydrogen-bond acceptors (Lipinski definition) is 3. The van der Waals surface area contributed by atoms with Crippen LogP contribution in [0.5, 0.6) is 0 Å². The summed E-state index contributed by atoms with van der Waals surface area (Å²) in [6, 6.07) is 2.31. The number of aromatic nitrogens is 1. The van der Waals surface area contributed by atoms with Crippen LogP contribution >= 0.6 is 0 Å². The molecule has 0 N–H and O–H groups in total. The summed E-state index contributed by atoms with van der Waals surface area (Å²) in [5.41, 5.74) is 1.70. The van der Waals surface area contributed by atoms with E-state index in [4.69, 9.17) is 0 Å². The number of hydrogen-bond donors (Lipinski definition) is 0. The average Bonchev–Trinajstić information content (AvgIpc) is 2.26. The van der Waals surface area contributed by atoms with Crippen molar-refractivity contribution < 1.29 is 4.79 Å². The van der Waals surface area contributed by atoms with Gasteiger partial charge in [-0.2, -0.15) is 0 Å². The Balaban J connectivity index is 3.04. The summed E-state index contributed by atoms with van der Waals surface area (Å²) in [7, 11) is 0. The lowest BCUT2D eigenvalue weighted by Crippen LogP contribution is -2.32. The molecule has 0 aromatic carbocycles. The van der Waals surface area contributed by atoms with Crippen LogP contribution in [0.25, 0.3) is 0 Å². The Kier molecular flexibility index (Phi) is 4.47. The van der Waals surface area contributed by atoms with Crippen LogP contribution in [0.3, 0.4) is 0 Å². The van der Waals surface area contributed by atoms with E-state index in [-0.39, 0.29) is 0 Å². The first-order valence-corrected chi connectivity index (χ1v) is 5.78. The normalized spacial score (nSPS) is 10.6. The molecule has 0 atom stereocenters. The second-order valence-corrected chi connectivity index (χ2v) is 4.31. The summed E-state index contributed by atoms with van der Waals surface area (Å²) >= 11 is 0. The molecule has 0 saturated heterocycles. The molecular formula is C13H20N2O. The van der Waals surface area contributed by atoms with Gasteiger partial charge in [-0.1, -0.05) is 6.92 Å². The van der Waals surface area contributed by atoms with Gasteiger partial charge in [0.15, 0.2) is 6.29 Å². The van der Waals surface area contributed by atoms with E-state index in [1.807, 2.05) is 13.0 Å². The molecule has 0 fully saturated rings. The molecule has 0 spiro atoms. The SMILES string of the molecule is CCCN(c1ncc(C=O)cc1C)C(C)C. The van der Waals surface area contributed by atoms with Gasteiger partial charge in [-0.05, 0) is 38.8 Å². The fraction of sp³-hybridized carbons (Fsp3) is 0.538. The van der Waals surface area contributed by atoms with Crippen LogP contribution in [-0.4, -0.2) is 23.9 Å². The Morgan fingerprint density at radius 2 is 2.19 bits per heavy atom. The lowest BCUT2D eigenvalue weighted by Gasteiger charge is -2.28. The third kappa shape index (κ3) is 2.81. The van der Waals surface area contributed by atoms with Crippen molar-refractivity contribution in [3.05, 3.63) is 23.4 Å². The molecule has 0 amide bonds. The molecule has 3 nitrogen and oxygen atoms in total. The lowest BCUT2D eigenvalue weighted by molar-refractivity contribution is 0.112. The van der Waals surface area contributed by atoms with E-state index in [0.717, 1.165) is 30.6 Å². The molecule has 1 aromatic heterocycles. The predicted octanol–water partition coefficient (Wildman–Crippen LogP) is 2.83. The summed E-state index contributed by atoms with van der Waals surface area (Å²) in [6.07, 6.45) is 3.57. The van der Waals surface area contributed by atoms with E-state index in [0.29, 0.717) is 11.6 Å².